The van der Waals surface area contributed by atoms with Crippen molar-refractivity contribution in [2.45, 2.75) is 63.5 Å². The van der Waals surface area contributed by atoms with E-state index in [9.17, 15) is 14.7 Å². The number of nitrogens with zero attached hydrogens (tertiary/aromatic N) is 2. The topological polar surface area (TPSA) is 70.1 Å². The van der Waals surface area contributed by atoms with Crippen molar-refractivity contribution in [1.29, 1.82) is 0 Å². The van der Waals surface area contributed by atoms with E-state index < -0.39 is 11.0 Å². The Morgan fingerprint density at radius 1 is 1.19 bits per heavy atom. The summed E-state index contributed by atoms with van der Waals surface area (Å²) >= 11 is 0. The smallest absolute Gasteiger partial charge is 0.308 e. The molecule has 1 saturated heterocycles. The number of likely N-dealkylation sites (tertiary alicyclic amines) is 1. The maximum absolute atomic E-state index is 13.8. The molecule has 3 atom stereocenters. The largest absolute Gasteiger partial charge is 0.427 e. The first-order valence-corrected chi connectivity index (χ1v) is 13.4. The molecule has 1 saturated carbocycles. The molecule has 2 aromatic rings. The van der Waals surface area contributed by atoms with Gasteiger partial charge in [0.1, 0.15) is 5.75 Å². The molecule has 0 radical (unpaired) electrons. The second-order valence-corrected chi connectivity index (χ2v) is 11.1. The van der Waals surface area contributed by atoms with Crippen LogP contribution >= 0.6 is 0 Å². The third-order valence-corrected chi connectivity index (χ3v) is 8.03. The Morgan fingerprint density at radius 2 is 1.95 bits per heavy atom. The molecule has 0 unspecified atom stereocenters. The van der Waals surface area contributed by atoms with Crippen LogP contribution in [-0.2, 0) is 10.2 Å². The maximum atomic E-state index is 13.8. The molecule has 4 rings (SSSR count). The number of amides is 1. The molecule has 2 aromatic carbocycles. The molecule has 37 heavy (non-hydrogen) atoms. The van der Waals surface area contributed by atoms with E-state index in [1.165, 1.54) is 6.92 Å². The first-order chi connectivity index (χ1) is 17.7. The zero-order valence-corrected chi connectivity index (χ0v) is 22.4. The number of piperidine rings is 1. The van der Waals surface area contributed by atoms with Gasteiger partial charge in [0.2, 0.25) is 0 Å². The summed E-state index contributed by atoms with van der Waals surface area (Å²) in [5.74, 6) is 0.462. The Balaban J connectivity index is 1.75. The van der Waals surface area contributed by atoms with Crippen molar-refractivity contribution in [3.05, 3.63) is 78.4 Å². The van der Waals surface area contributed by atoms with E-state index in [4.69, 9.17) is 4.74 Å². The maximum Gasteiger partial charge on any atom is 0.308 e. The van der Waals surface area contributed by atoms with Gasteiger partial charge in [0.05, 0.1) is 5.60 Å². The number of aliphatic hydroxyl groups is 1. The van der Waals surface area contributed by atoms with Crippen LogP contribution in [0.1, 0.15) is 62.4 Å². The lowest BCUT2D eigenvalue weighted by molar-refractivity contribution is -0.132. The van der Waals surface area contributed by atoms with Crippen molar-refractivity contribution in [2.75, 3.05) is 26.2 Å². The number of carbonyl (C=O) groups is 2. The van der Waals surface area contributed by atoms with Gasteiger partial charge in [0.15, 0.2) is 0 Å². The predicted octanol–water partition coefficient (Wildman–Crippen LogP) is 4.82. The van der Waals surface area contributed by atoms with Gasteiger partial charge in [-0.1, -0.05) is 50.3 Å². The van der Waals surface area contributed by atoms with Crippen LogP contribution < -0.4 is 4.74 Å². The fourth-order valence-corrected chi connectivity index (χ4v) is 6.40. The second kappa shape index (κ2) is 11.2. The van der Waals surface area contributed by atoms with Gasteiger partial charge in [-0.05, 0) is 68.0 Å². The van der Waals surface area contributed by atoms with Crippen molar-refractivity contribution < 1.29 is 19.4 Å². The molecule has 198 valence electrons. The number of β-amino-alcohol motifs (C(OH)–C–C–N with tert-alkyl or cyclic N) is 1. The lowest BCUT2D eigenvalue weighted by Crippen LogP contribution is -2.67. The summed E-state index contributed by atoms with van der Waals surface area (Å²) in [5, 5.41) is 12.3. The van der Waals surface area contributed by atoms with Gasteiger partial charge in [0, 0.05) is 43.6 Å². The highest BCUT2D eigenvalue weighted by molar-refractivity contribution is 5.94. The van der Waals surface area contributed by atoms with E-state index in [-0.39, 0.29) is 17.9 Å². The second-order valence-electron chi connectivity index (χ2n) is 11.1. The number of rotatable bonds is 8. The fraction of sp³-hybridized carbons (Fsp3) is 0.484. The normalized spacial score (nSPS) is 25.8. The number of hydrogen-bond donors (Lipinski definition) is 1. The van der Waals surface area contributed by atoms with E-state index >= 15 is 0 Å². The van der Waals surface area contributed by atoms with Gasteiger partial charge in [-0.2, -0.15) is 0 Å². The average molecular weight is 505 g/mol. The van der Waals surface area contributed by atoms with Crippen molar-refractivity contribution in [3.8, 4) is 5.75 Å². The zero-order chi connectivity index (χ0) is 26.6. The summed E-state index contributed by atoms with van der Waals surface area (Å²) in [6.45, 7) is 12.3. The first kappa shape index (κ1) is 27.1. The number of fused-ring (bicyclic) bond motifs is 1. The molecule has 0 aromatic heterocycles. The quantitative estimate of drug-likeness (QED) is 0.317. The van der Waals surface area contributed by atoms with Gasteiger partial charge in [-0.15, -0.1) is 6.58 Å². The lowest BCUT2D eigenvalue weighted by Gasteiger charge is -2.59. The minimum atomic E-state index is -0.973. The third-order valence-electron chi connectivity index (χ3n) is 8.03. The van der Waals surface area contributed by atoms with E-state index in [2.05, 4.69) is 25.3 Å². The van der Waals surface area contributed by atoms with Crippen molar-refractivity contribution in [2.24, 2.45) is 5.92 Å². The molecule has 0 bridgehead atoms. The van der Waals surface area contributed by atoms with Gasteiger partial charge in [-0.25, -0.2) is 0 Å². The Kier molecular flexibility index (Phi) is 8.20. The first-order valence-electron chi connectivity index (χ1n) is 13.4. The summed E-state index contributed by atoms with van der Waals surface area (Å²) in [4.78, 5) is 29.7. The Morgan fingerprint density at radius 3 is 2.62 bits per heavy atom. The Hall–Kier alpha value is -2.96. The predicted molar refractivity (Wildman–Crippen MR) is 146 cm³/mol. The minimum Gasteiger partial charge on any atom is -0.427 e. The molecule has 2 aliphatic rings. The molecule has 1 N–H and O–H groups in total. The van der Waals surface area contributed by atoms with E-state index in [1.54, 1.807) is 6.07 Å². The standard InChI is InChI=1S/C31H40N2O4/c1-5-17-32-18-16-30(26-12-9-13-28(19-26)37-24(4)34)20-27(14-15-31(30,36)22-32)33(21-23(2)3)29(35)25-10-7-6-8-11-25/h5-13,19,23,27,36H,1,14-18,20-22H2,2-4H3/t27-,30+,31+/m1/s1. The van der Waals surface area contributed by atoms with Crippen molar-refractivity contribution >= 4 is 11.9 Å². The molecular weight excluding hydrogens is 464 g/mol. The van der Waals surface area contributed by atoms with Crippen molar-refractivity contribution in [1.82, 2.24) is 9.80 Å². The Labute approximate surface area is 220 Å². The van der Waals surface area contributed by atoms with Crippen LogP contribution in [0.3, 0.4) is 0 Å². The van der Waals surface area contributed by atoms with Crippen LogP contribution in [0.4, 0.5) is 0 Å². The van der Waals surface area contributed by atoms with Crippen LogP contribution in [0, 0.1) is 5.92 Å². The highest BCUT2D eigenvalue weighted by atomic mass is 16.5. The third kappa shape index (κ3) is 5.65. The van der Waals surface area contributed by atoms with Gasteiger partial charge in [0.25, 0.3) is 5.91 Å². The highest BCUT2D eigenvalue weighted by Crippen LogP contribution is 2.53. The molecule has 1 aliphatic heterocycles. The van der Waals surface area contributed by atoms with Gasteiger partial charge in [-0.3, -0.25) is 14.5 Å². The fourth-order valence-electron chi connectivity index (χ4n) is 6.40. The van der Waals surface area contributed by atoms with Crippen LogP contribution in [0.25, 0.3) is 0 Å². The van der Waals surface area contributed by atoms with Gasteiger partial charge < -0.3 is 14.7 Å². The molecule has 0 spiro atoms. The molecular formula is C31H40N2O4. The number of carbonyl (C=O) groups excluding carboxylic acids is 2. The summed E-state index contributed by atoms with van der Waals surface area (Å²) in [6.07, 6.45) is 4.59. The summed E-state index contributed by atoms with van der Waals surface area (Å²) in [7, 11) is 0. The molecule has 1 aliphatic carbocycles. The SMILES string of the molecule is C=CCN1CC[C@@]2(c3cccc(OC(C)=O)c3)C[C@H](N(CC(C)C)C(=O)c3ccccc3)CC[C@]2(O)C1. The molecule has 2 fully saturated rings. The minimum absolute atomic E-state index is 0.0151. The molecule has 6 nitrogen and oxygen atoms in total. The highest BCUT2D eigenvalue weighted by Gasteiger charge is 2.58. The van der Waals surface area contributed by atoms with Crippen LogP contribution in [0.15, 0.2) is 67.3 Å². The van der Waals surface area contributed by atoms with E-state index in [0.29, 0.717) is 43.2 Å². The number of benzene rings is 2. The van der Waals surface area contributed by atoms with Gasteiger partial charge >= 0.3 is 5.97 Å². The number of hydrogen-bond acceptors (Lipinski definition) is 5. The van der Waals surface area contributed by atoms with E-state index in [0.717, 1.165) is 31.5 Å². The number of ether oxygens (including phenoxy) is 1. The monoisotopic (exact) mass is 504 g/mol. The van der Waals surface area contributed by atoms with E-state index in [1.807, 2.05) is 59.5 Å². The molecule has 6 heteroatoms. The Bertz CT molecular complexity index is 1120. The number of esters is 1. The zero-order valence-electron chi connectivity index (χ0n) is 22.4. The molecule has 1 heterocycles. The van der Waals surface area contributed by atoms with Crippen LogP contribution in [0.5, 0.6) is 5.75 Å². The van der Waals surface area contributed by atoms with Crippen molar-refractivity contribution in [3.63, 3.8) is 0 Å². The average Bonchev–Trinajstić information content (AvgIpc) is 2.87. The van der Waals surface area contributed by atoms with Crippen LogP contribution in [-0.4, -0.2) is 64.6 Å². The molecule has 1 amide bonds. The lowest BCUT2D eigenvalue weighted by atomic mass is 9.55. The summed E-state index contributed by atoms with van der Waals surface area (Å²) < 4.78 is 5.43. The summed E-state index contributed by atoms with van der Waals surface area (Å²) in [6, 6.07) is 17.1. The summed E-state index contributed by atoms with van der Waals surface area (Å²) in [5.41, 5.74) is 0.110. The van der Waals surface area contributed by atoms with Crippen LogP contribution in [0.2, 0.25) is 0 Å².